The van der Waals surface area contributed by atoms with Crippen LogP contribution in [0.3, 0.4) is 0 Å². The van der Waals surface area contributed by atoms with Crippen LogP contribution in [-0.4, -0.2) is 29.6 Å². The van der Waals surface area contributed by atoms with Crippen LogP contribution in [0.2, 0.25) is 0 Å². The first-order chi connectivity index (χ1) is 8.56. The van der Waals surface area contributed by atoms with Crippen molar-refractivity contribution in [1.82, 2.24) is 5.32 Å². The third-order valence-corrected chi connectivity index (χ3v) is 3.04. The molecule has 1 aromatic carbocycles. The molecule has 0 aromatic heterocycles. The number of carbonyl (C=O) groups is 2. The Kier molecular flexibility index (Phi) is 3.62. The lowest BCUT2D eigenvalue weighted by Gasteiger charge is -2.11. The van der Waals surface area contributed by atoms with E-state index in [1.807, 2.05) is 0 Å². The lowest BCUT2D eigenvalue weighted by atomic mass is 10.1. The second-order valence-electron chi connectivity index (χ2n) is 4.68. The molecule has 1 amide bonds. The summed E-state index contributed by atoms with van der Waals surface area (Å²) in [4.78, 5) is 22.7. The number of nitrogens with one attached hydrogen (secondary N) is 2. The highest BCUT2D eigenvalue weighted by Gasteiger charge is 2.26. The second kappa shape index (κ2) is 5.18. The van der Waals surface area contributed by atoms with Crippen LogP contribution in [0.25, 0.3) is 0 Å². The van der Waals surface area contributed by atoms with E-state index in [1.165, 1.54) is 12.1 Å². The van der Waals surface area contributed by atoms with Crippen molar-refractivity contribution in [3.8, 4) is 0 Å². The number of carbonyl (C=O) groups excluding carboxylic acids is 1. The summed E-state index contributed by atoms with van der Waals surface area (Å²) in [7, 11) is 0. The fourth-order valence-electron chi connectivity index (χ4n) is 2.07. The van der Waals surface area contributed by atoms with Gasteiger partial charge < -0.3 is 15.7 Å². The van der Waals surface area contributed by atoms with E-state index in [1.54, 1.807) is 12.1 Å². The highest BCUT2D eigenvalue weighted by atomic mass is 16.4. The van der Waals surface area contributed by atoms with E-state index in [-0.39, 0.29) is 17.5 Å². The molecule has 2 rings (SSSR count). The van der Waals surface area contributed by atoms with Gasteiger partial charge in [0.2, 0.25) is 5.91 Å². The predicted molar refractivity (Wildman–Crippen MR) is 67.6 cm³/mol. The number of hydrogen-bond acceptors (Lipinski definition) is 3. The van der Waals surface area contributed by atoms with Gasteiger partial charge in [0.15, 0.2) is 0 Å². The quantitative estimate of drug-likeness (QED) is 0.754. The first kappa shape index (κ1) is 12.6. The number of rotatable bonds is 3. The standard InChI is InChI=1S/C13H16N2O3/c1-8-5-11(14-7-8)12(16)15-10-4-2-3-9(6-10)13(17)18/h2-4,6,8,11,14H,5,7H2,1H3,(H,15,16)(H,17,18)/t8-,11?/m0/s1. The van der Waals surface area contributed by atoms with Gasteiger partial charge in [-0.05, 0) is 37.1 Å². The molecule has 3 N–H and O–H groups in total. The third-order valence-electron chi connectivity index (χ3n) is 3.04. The van der Waals surface area contributed by atoms with Gasteiger partial charge >= 0.3 is 5.97 Å². The van der Waals surface area contributed by atoms with Crippen molar-refractivity contribution in [2.45, 2.75) is 19.4 Å². The van der Waals surface area contributed by atoms with Crippen LogP contribution in [0, 0.1) is 5.92 Å². The maximum absolute atomic E-state index is 11.9. The van der Waals surface area contributed by atoms with Crippen molar-refractivity contribution in [2.24, 2.45) is 5.92 Å². The monoisotopic (exact) mass is 248 g/mol. The molecule has 96 valence electrons. The first-order valence-electron chi connectivity index (χ1n) is 5.94. The Labute approximate surface area is 105 Å². The van der Waals surface area contributed by atoms with E-state index in [9.17, 15) is 9.59 Å². The van der Waals surface area contributed by atoms with Crippen molar-refractivity contribution in [3.63, 3.8) is 0 Å². The van der Waals surface area contributed by atoms with E-state index < -0.39 is 5.97 Å². The molecule has 2 atom stereocenters. The topological polar surface area (TPSA) is 78.4 Å². The van der Waals surface area contributed by atoms with Crippen LogP contribution in [0.4, 0.5) is 5.69 Å². The number of anilines is 1. The minimum absolute atomic E-state index is 0.109. The van der Waals surface area contributed by atoms with Crippen molar-refractivity contribution in [1.29, 1.82) is 0 Å². The van der Waals surface area contributed by atoms with Gasteiger partial charge in [-0.15, -0.1) is 0 Å². The van der Waals surface area contributed by atoms with Crippen molar-refractivity contribution in [3.05, 3.63) is 29.8 Å². The Balaban J connectivity index is 2.03. The smallest absolute Gasteiger partial charge is 0.335 e. The van der Waals surface area contributed by atoms with Gasteiger partial charge in [0.25, 0.3) is 0 Å². The Bertz CT molecular complexity index is 473. The van der Waals surface area contributed by atoms with Gasteiger partial charge in [0.1, 0.15) is 0 Å². The Morgan fingerprint density at radius 2 is 2.22 bits per heavy atom. The average molecular weight is 248 g/mol. The van der Waals surface area contributed by atoms with Gasteiger partial charge in [-0.1, -0.05) is 13.0 Å². The minimum atomic E-state index is -1.00. The predicted octanol–water partition coefficient (Wildman–Crippen LogP) is 1.32. The lowest BCUT2D eigenvalue weighted by Crippen LogP contribution is -2.35. The molecule has 0 bridgehead atoms. The zero-order chi connectivity index (χ0) is 13.1. The molecule has 5 heteroatoms. The third kappa shape index (κ3) is 2.87. The molecule has 0 spiro atoms. The Morgan fingerprint density at radius 1 is 1.44 bits per heavy atom. The molecule has 0 radical (unpaired) electrons. The number of amides is 1. The van der Waals surface area contributed by atoms with Crippen molar-refractivity contribution < 1.29 is 14.7 Å². The van der Waals surface area contributed by atoms with E-state index in [0.717, 1.165) is 13.0 Å². The van der Waals surface area contributed by atoms with Crippen LogP contribution in [0.1, 0.15) is 23.7 Å². The molecule has 1 unspecified atom stereocenters. The zero-order valence-corrected chi connectivity index (χ0v) is 10.1. The lowest BCUT2D eigenvalue weighted by molar-refractivity contribution is -0.117. The average Bonchev–Trinajstić information content (AvgIpc) is 2.76. The van der Waals surface area contributed by atoms with Crippen LogP contribution < -0.4 is 10.6 Å². The number of hydrogen-bond donors (Lipinski definition) is 3. The van der Waals surface area contributed by atoms with Crippen LogP contribution in [0.5, 0.6) is 0 Å². The second-order valence-corrected chi connectivity index (χ2v) is 4.68. The normalized spacial score (nSPS) is 22.7. The number of carboxylic acid groups (broad SMARTS) is 1. The molecule has 1 saturated heterocycles. The van der Waals surface area contributed by atoms with Crippen LogP contribution >= 0.6 is 0 Å². The molecule has 1 aromatic rings. The summed E-state index contributed by atoms with van der Waals surface area (Å²) in [5.41, 5.74) is 0.682. The zero-order valence-electron chi connectivity index (χ0n) is 10.1. The van der Waals surface area contributed by atoms with Crippen molar-refractivity contribution in [2.75, 3.05) is 11.9 Å². The Morgan fingerprint density at radius 3 is 2.83 bits per heavy atom. The number of aromatic carboxylic acids is 1. The van der Waals surface area contributed by atoms with Gasteiger partial charge in [-0.2, -0.15) is 0 Å². The summed E-state index contributed by atoms with van der Waals surface area (Å²) in [6.45, 7) is 2.93. The summed E-state index contributed by atoms with van der Waals surface area (Å²) in [6.07, 6.45) is 0.810. The maximum Gasteiger partial charge on any atom is 0.335 e. The number of benzene rings is 1. The minimum Gasteiger partial charge on any atom is -0.478 e. The summed E-state index contributed by atoms with van der Waals surface area (Å²) in [6, 6.07) is 6.06. The molecule has 1 aliphatic heterocycles. The van der Waals surface area contributed by atoms with Crippen molar-refractivity contribution >= 4 is 17.6 Å². The van der Waals surface area contributed by atoms with E-state index >= 15 is 0 Å². The summed E-state index contributed by atoms with van der Waals surface area (Å²) < 4.78 is 0. The fourth-order valence-corrected chi connectivity index (χ4v) is 2.07. The molecule has 5 nitrogen and oxygen atoms in total. The maximum atomic E-state index is 11.9. The summed E-state index contributed by atoms with van der Waals surface area (Å²) in [5.74, 6) is -0.619. The van der Waals surface area contributed by atoms with Gasteiger partial charge in [-0.3, -0.25) is 4.79 Å². The van der Waals surface area contributed by atoms with Crippen LogP contribution in [0.15, 0.2) is 24.3 Å². The summed E-state index contributed by atoms with van der Waals surface area (Å²) >= 11 is 0. The Hall–Kier alpha value is -1.88. The molecule has 1 aliphatic rings. The molecular weight excluding hydrogens is 232 g/mol. The number of carboxylic acids is 1. The van der Waals surface area contributed by atoms with E-state index in [0.29, 0.717) is 11.6 Å². The fraction of sp³-hybridized carbons (Fsp3) is 0.385. The summed E-state index contributed by atoms with van der Waals surface area (Å²) in [5, 5.41) is 14.7. The molecule has 18 heavy (non-hydrogen) atoms. The first-order valence-corrected chi connectivity index (χ1v) is 5.94. The van der Waals surface area contributed by atoms with Gasteiger partial charge in [-0.25, -0.2) is 4.79 Å². The molecule has 1 heterocycles. The molecule has 0 aliphatic carbocycles. The van der Waals surface area contributed by atoms with E-state index in [4.69, 9.17) is 5.11 Å². The highest BCUT2D eigenvalue weighted by Crippen LogP contribution is 2.16. The van der Waals surface area contributed by atoms with Gasteiger partial charge in [0.05, 0.1) is 11.6 Å². The largest absolute Gasteiger partial charge is 0.478 e. The SMILES string of the molecule is C[C@@H]1CNC(C(=O)Nc2cccc(C(=O)O)c2)C1. The van der Waals surface area contributed by atoms with Crippen LogP contribution in [-0.2, 0) is 4.79 Å². The molecule has 0 saturated carbocycles. The highest BCUT2D eigenvalue weighted by molar-refractivity contribution is 5.96. The molecular formula is C13H16N2O3. The van der Waals surface area contributed by atoms with Gasteiger partial charge in [0, 0.05) is 5.69 Å². The molecule has 1 fully saturated rings. The van der Waals surface area contributed by atoms with E-state index in [2.05, 4.69) is 17.6 Å².